The third kappa shape index (κ3) is 2.02. The smallest absolute Gasteiger partial charge is 0.108 e. The van der Waals surface area contributed by atoms with E-state index in [0.717, 1.165) is 0 Å². The van der Waals surface area contributed by atoms with Crippen LogP contribution in [-0.2, 0) is 4.74 Å². The molecular formula is C9H19NO3. The molecule has 1 aliphatic heterocycles. The van der Waals surface area contributed by atoms with Crippen molar-refractivity contribution < 1.29 is 14.9 Å². The van der Waals surface area contributed by atoms with Gasteiger partial charge in [0.2, 0.25) is 0 Å². The van der Waals surface area contributed by atoms with E-state index in [-0.39, 0.29) is 18.1 Å². The van der Waals surface area contributed by atoms with E-state index in [1.54, 1.807) is 0 Å². The average molecular weight is 189 g/mol. The summed E-state index contributed by atoms with van der Waals surface area (Å²) in [6.45, 7) is 5.71. The lowest BCUT2D eigenvalue weighted by Crippen LogP contribution is -2.61. The molecule has 4 heteroatoms. The van der Waals surface area contributed by atoms with Gasteiger partial charge in [-0.1, -0.05) is 13.8 Å². The Balaban J connectivity index is 2.70. The summed E-state index contributed by atoms with van der Waals surface area (Å²) in [5.74, 6) is 0.180. The molecule has 0 radical (unpaired) electrons. The van der Waals surface area contributed by atoms with Gasteiger partial charge >= 0.3 is 0 Å². The first-order chi connectivity index (χ1) is 5.95. The summed E-state index contributed by atoms with van der Waals surface area (Å²) in [5.41, 5.74) is 5.64. The molecule has 4 nitrogen and oxygen atoms in total. The third-order valence-electron chi connectivity index (χ3n) is 2.65. The summed E-state index contributed by atoms with van der Waals surface area (Å²) in [5, 5.41) is 19.2. The molecule has 78 valence electrons. The third-order valence-corrected chi connectivity index (χ3v) is 2.65. The topological polar surface area (TPSA) is 75.7 Å². The van der Waals surface area contributed by atoms with Crippen LogP contribution in [0.2, 0.25) is 0 Å². The second kappa shape index (κ2) is 3.92. The average Bonchev–Trinajstić information content (AvgIpc) is 2.07. The van der Waals surface area contributed by atoms with Crippen LogP contribution < -0.4 is 5.73 Å². The Bertz CT molecular complexity index is 174. The normalized spacial score (nSPS) is 46.8. The Morgan fingerprint density at radius 1 is 1.23 bits per heavy atom. The maximum atomic E-state index is 9.64. The van der Waals surface area contributed by atoms with Gasteiger partial charge in [-0.2, -0.15) is 0 Å². The molecule has 1 fully saturated rings. The van der Waals surface area contributed by atoms with E-state index < -0.39 is 18.2 Å². The first-order valence-corrected chi connectivity index (χ1v) is 4.72. The number of rotatable bonds is 1. The second-order valence-electron chi connectivity index (χ2n) is 4.11. The van der Waals surface area contributed by atoms with Gasteiger partial charge in [0.15, 0.2) is 0 Å². The molecule has 0 amide bonds. The lowest BCUT2D eigenvalue weighted by Gasteiger charge is -2.41. The van der Waals surface area contributed by atoms with Crippen molar-refractivity contribution in [1.29, 1.82) is 0 Å². The molecule has 1 saturated heterocycles. The summed E-state index contributed by atoms with van der Waals surface area (Å²) >= 11 is 0. The molecule has 3 unspecified atom stereocenters. The number of ether oxygens (including phenoxy) is 1. The van der Waals surface area contributed by atoms with Gasteiger partial charge in [-0.05, 0) is 12.8 Å². The molecule has 4 N–H and O–H groups in total. The first-order valence-electron chi connectivity index (χ1n) is 4.72. The molecule has 0 bridgehead atoms. The molecule has 1 aliphatic rings. The van der Waals surface area contributed by atoms with Crippen molar-refractivity contribution in [3.63, 3.8) is 0 Å². The number of hydrogen-bond acceptors (Lipinski definition) is 4. The van der Waals surface area contributed by atoms with Gasteiger partial charge in [-0.15, -0.1) is 0 Å². The van der Waals surface area contributed by atoms with Gasteiger partial charge in [-0.25, -0.2) is 0 Å². The molecule has 0 aliphatic carbocycles. The molecular weight excluding hydrogens is 170 g/mol. The standard InChI is InChI=1S/C9H19NO3/c1-4(2)9-8(12)7(11)6(10)5(3)13-9/h4-9,11-12H,10H2,1-3H3/t5?,6-,7?,8?,9+/m1/s1. The highest BCUT2D eigenvalue weighted by Gasteiger charge is 2.41. The van der Waals surface area contributed by atoms with E-state index in [1.165, 1.54) is 0 Å². The van der Waals surface area contributed by atoms with E-state index in [4.69, 9.17) is 10.5 Å². The van der Waals surface area contributed by atoms with Crippen LogP contribution in [0.15, 0.2) is 0 Å². The van der Waals surface area contributed by atoms with Crippen molar-refractivity contribution >= 4 is 0 Å². The van der Waals surface area contributed by atoms with Gasteiger partial charge in [0.1, 0.15) is 6.10 Å². The van der Waals surface area contributed by atoms with Crippen LogP contribution in [0.25, 0.3) is 0 Å². The van der Waals surface area contributed by atoms with Crippen molar-refractivity contribution in [2.45, 2.75) is 51.2 Å². The maximum absolute atomic E-state index is 9.64. The number of aliphatic hydroxyl groups is 2. The minimum atomic E-state index is -0.879. The Kier molecular flexibility index (Phi) is 3.29. The summed E-state index contributed by atoms with van der Waals surface area (Å²) < 4.78 is 5.51. The van der Waals surface area contributed by atoms with Crippen LogP contribution in [0.1, 0.15) is 20.8 Å². The van der Waals surface area contributed by atoms with Crippen LogP contribution >= 0.6 is 0 Å². The summed E-state index contributed by atoms with van der Waals surface area (Å²) in [6, 6.07) is -0.495. The highest BCUT2D eigenvalue weighted by Crippen LogP contribution is 2.24. The van der Waals surface area contributed by atoms with Gasteiger partial charge in [-0.3, -0.25) is 0 Å². The fraction of sp³-hybridized carbons (Fsp3) is 1.00. The minimum absolute atomic E-state index is 0.180. The Morgan fingerprint density at radius 3 is 2.23 bits per heavy atom. The van der Waals surface area contributed by atoms with Gasteiger partial charge < -0.3 is 20.7 Å². The largest absolute Gasteiger partial charge is 0.389 e. The van der Waals surface area contributed by atoms with Crippen LogP contribution in [0.3, 0.4) is 0 Å². The summed E-state index contributed by atoms with van der Waals surface area (Å²) in [4.78, 5) is 0. The predicted octanol–water partition coefficient (Wildman–Crippen LogP) is -0.521. The molecule has 1 rings (SSSR count). The molecule has 0 aromatic carbocycles. The van der Waals surface area contributed by atoms with Crippen molar-refractivity contribution in [1.82, 2.24) is 0 Å². The minimum Gasteiger partial charge on any atom is -0.389 e. The van der Waals surface area contributed by atoms with E-state index in [2.05, 4.69) is 0 Å². The summed E-state index contributed by atoms with van der Waals surface area (Å²) in [7, 11) is 0. The zero-order chi connectivity index (χ0) is 10.2. The second-order valence-corrected chi connectivity index (χ2v) is 4.11. The van der Waals surface area contributed by atoms with E-state index in [9.17, 15) is 10.2 Å². The predicted molar refractivity (Wildman–Crippen MR) is 49.2 cm³/mol. The van der Waals surface area contributed by atoms with Crippen molar-refractivity contribution in [3.05, 3.63) is 0 Å². The molecule has 0 spiro atoms. The Morgan fingerprint density at radius 2 is 1.77 bits per heavy atom. The zero-order valence-corrected chi connectivity index (χ0v) is 8.34. The quantitative estimate of drug-likeness (QED) is 0.519. The lowest BCUT2D eigenvalue weighted by atomic mass is 9.89. The Hall–Kier alpha value is -0.160. The number of aliphatic hydroxyl groups excluding tert-OH is 2. The van der Waals surface area contributed by atoms with E-state index >= 15 is 0 Å². The SMILES string of the molecule is CC1O[C@@H](C(C)C)C(O)C(O)[C@@H]1N. The molecule has 0 aromatic rings. The Labute approximate surface area is 78.7 Å². The number of nitrogens with two attached hydrogens (primary N) is 1. The van der Waals surface area contributed by atoms with Gasteiger partial charge in [0.25, 0.3) is 0 Å². The van der Waals surface area contributed by atoms with Crippen LogP contribution in [-0.4, -0.2) is 40.7 Å². The van der Waals surface area contributed by atoms with Crippen LogP contribution in [0, 0.1) is 5.92 Å². The van der Waals surface area contributed by atoms with Crippen molar-refractivity contribution in [3.8, 4) is 0 Å². The van der Waals surface area contributed by atoms with Gasteiger partial charge in [0.05, 0.1) is 24.4 Å². The molecule has 13 heavy (non-hydrogen) atoms. The lowest BCUT2D eigenvalue weighted by molar-refractivity contribution is -0.186. The summed E-state index contributed by atoms with van der Waals surface area (Å²) in [6.07, 6.45) is -2.27. The highest BCUT2D eigenvalue weighted by atomic mass is 16.5. The van der Waals surface area contributed by atoms with Crippen LogP contribution in [0.4, 0.5) is 0 Å². The highest BCUT2D eigenvalue weighted by molar-refractivity contribution is 4.93. The molecule has 0 saturated carbocycles. The fourth-order valence-corrected chi connectivity index (χ4v) is 1.67. The van der Waals surface area contributed by atoms with Crippen LogP contribution in [0.5, 0.6) is 0 Å². The maximum Gasteiger partial charge on any atom is 0.108 e. The monoisotopic (exact) mass is 189 g/mol. The van der Waals surface area contributed by atoms with E-state index in [1.807, 2.05) is 20.8 Å². The molecule has 5 atom stereocenters. The first kappa shape index (κ1) is 10.9. The fourth-order valence-electron chi connectivity index (χ4n) is 1.67. The molecule has 0 aromatic heterocycles. The van der Waals surface area contributed by atoms with Crippen molar-refractivity contribution in [2.24, 2.45) is 11.7 Å². The number of hydrogen-bond donors (Lipinski definition) is 3. The zero-order valence-electron chi connectivity index (χ0n) is 8.34. The van der Waals surface area contributed by atoms with Gasteiger partial charge in [0, 0.05) is 0 Å². The van der Waals surface area contributed by atoms with E-state index in [0.29, 0.717) is 0 Å². The van der Waals surface area contributed by atoms with Crippen molar-refractivity contribution in [2.75, 3.05) is 0 Å². The molecule has 1 heterocycles.